The maximum absolute atomic E-state index is 12.3. The fourth-order valence-electron chi connectivity index (χ4n) is 3.40. The van der Waals surface area contributed by atoms with Gasteiger partial charge in [0.05, 0.1) is 5.54 Å². The van der Waals surface area contributed by atoms with Crippen LogP contribution in [0.5, 0.6) is 0 Å². The van der Waals surface area contributed by atoms with Crippen LogP contribution in [0.25, 0.3) is 0 Å². The molecule has 18 heavy (non-hydrogen) atoms. The van der Waals surface area contributed by atoms with Crippen molar-refractivity contribution in [3.63, 3.8) is 0 Å². The minimum absolute atomic E-state index is 0.0728. The predicted molar refractivity (Wildman–Crippen MR) is 73.2 cm³/mol. The summed E-state index contributed by atoms with van der Waals surface area (Å²) < 4.78 is 0. The van der Waals surface area contributed by atoms with Crippen LogP contribution in [0.4, 0.5) is 0 Å². The zero-order chi connectivity index (χ0) is 13.2. The molecule has 0 radical (unpaired) electrons. The molecule has 104 valence electrons. The number of nitrogens with two attached hydrogens (primary N) is 1. The van der Waals surface area contributed by atoms with Gasteiger partial charge in [0.1, 0.15) is 0 Å². The van der Waals surface area contributed by atoms with Crippen molar-refractivity contribution >= 4 is 5.91 Å². The lowest BCUT2D eigenvalue weighted by Crippen LogP contribution is -2.56. The van der Waals surface area contributed by atoms with E-state index in [9.17, 15) is 4.79 Å². The molecule has 0 spiro atoms. The summed E-state index contributed by atoms with van der Waals surface area (Å²) in [5.41, 5.74) is 5.67. The van der Waals surface area contributed by atoms with Gasteiger partial charge in [0, 0.05) is 13.1 Å². The molecular formula is C14H27N3O. The van der Waals surface area contributed by atoms with Gasteiger partial charge in [-0.1, -0.05) is 19.8 Å². The van der Waals surface area contributed by atoms with E-state index in [1.165, 1.54) is 12.8 Å². The molecule has 4 nitrogen and oxygen atoms in total. The van der Waals surface area contributed by atoms with Gasteiger partial charge in [-0.2, -0.15) is 0 Å². The Morgan fingerprint density at radius 2 is 2.28 bits per heavy atom. The van der Waals surface area contributed by atoms with Gasteiger partial charge >= 0.3 is 0 Å². The summed E-state index contributed by atoms with van der Waals surface area (Å²) in [7, 11) is 2.13. The molecule has 2 rings (SSSR count). The summed E-state index contributed by atoms with van der Waals surface area (Å²) in [6.07, 6.45) is 5.15. The molecular weight excluding hydrogens is 226 g/mol. The maximum Gasteiger partial charge on any atom is 0.240 e. The number of likely N-dealkylation sites (tertiary alicyclic amines) is 1. The van der Waals surface area contributed by atoms with E-state index < -0.39 is 5.54 Å². The summed E-state index contributed by atoms with van der Waals surface area (Å²) in [5.74, 6) is 1.25. The van der Waals surface area contributed by atoms with Crippen LogP contribution in [-0.2, 0) is 4.79 Å². The normalized spacial score (nSPS) is 37.7. The first-order valence-corrected chi connectivity index (χ1v) is 7.25. The van der Waals surface area contributed by atoms with Crippen LogP contribution in [0.3, 0.4) is 0 Å². The standard InChI is InChI=1S/C14H27N3O/c1-11-4-3-6-14(15,8-11)13(18)16-9-12-5-7-17(2)10-12/h11-12H,3-10,15H2,1-2H3,(H,16,18). The van der Waals surface area contributed by atoms with Crippen molar-refractivity contribution in [3.05, 3.63) is 0 Å². The average molecular weight is 253 g/mol. The summed E-state index contributed by atoms with van der Waals surface area (Å²) >= 11 is 0. The summed E-state index contributed by atoms with van der Waals surface area (Å²) in [6, 6.07) is 0. The smallest absolute Gasteiger partial charge is 0.240 e. The number of carbonyl (C=O) groups is 1. The Hall–Kier alpha value is -0.610. The third kappa shape index (κ3) is 3.23. The number of nitrogens with one attached hydrogen (secondary N) is 1. The van der Waals surface area contributed by atoms with Gasteiger partial charge in [-0.25, -0.2) is 0 Å². The zero-order valence-corrected chi connectivity index (χ0v) is 11.7. The first-order chi connectivity index (χ1) is 8.49. The Bertz CT molecular complexity index is 307. The van der Waals surface area contributed by atoms with E-state index in [0.29, 0.717) is 11.8 Å². The highest BCUT2D eigenvalue weighted by Crippen LogP contribution is 2.30. The van der Waals surface area contributed by atoms with Crippen LogP contribution < -0.4 is 11.1 Å². The third-order valence-corrected chi connectivity index (χ3v) is 4.52. The summed E-state index contributed by atoms with van der Waals surface area (Å²) in [4.78, 5) is 14.6. The molecule has 1 heterocycles. The second-order valence-electron chi connectivity index (χ2n) is 6.48. The van der Waals surface area contributed by atoms with Crippen LogP contribution >= 0.6 is 0 Å². The van der Waals surface area contributed by atoms with Gasteiger partial charge in [0.25, 0.3) is 0 Å². The largest absolute Gasteiger partial charge is 0.354 e. The minimum Gasteiger partial charge on any atom is -0.354 e. The van der Waals surface area contributed by atoms with E-state index in [1.54, 1.807) is 0 Å². The van der Waals surface area contributed by atoms with Crippen LogP contribution in [-0.4, -0.2) is 43.0 Å². The Morgan fingerprint density at radius 1 is 1.50 bits per heavy atom. The van der Waals surface area contributed by atoms with Crippen molar-refractivity contribution < 1.29 is 4.79 Å². The van der Waals surface area contributed by atoms with E-state index in [2.05, 4.69) is 24.2 Å². The molecule has 3 unspecified atom stereocenters. The van der Waals surface area contributed by atoms with E-state index >= 15 is 0 Å². The van der Waals surface area contributed by atoms with Crippen molar-refractivity contribution in [2.75, 3.05) is 26.7 Å². The topological polar surface area (TPSA) is 58.4 Å². The Balaban J connectivity index is 1.80. The molecule has 1 saturated heterocycles. The fourth-order valence-corrected chi connectivity index (χ4v) is 3.40. The molecule has 0 aromatic heterocycles. The molecule has 1 aliphatic heterocycles. The second kappa shape index (κ2) is 5.57. The fraction of sp³-hybridized carbons (Fsp3) is 0.929. The molecule has 4 heteroatoms. The SMILES string of the molecule is CC1CCCC(N)(C(=O)NCC2CCN(C)C2)C1. The minimum atomic E-state index is -0.609. The lowest BCUT2D eigenvalue weighted by atomic mass is 9.76. The number of carbonyl (C=O) groups excluding carboxylic acids is 1. The molecule has 3 N–H and O–H groups in total. The summed E-state index contributed by atoms with van der Waals surface area (Å²) in [6.45, 7) is 5.22. The van der Waals surface area contributed by atoms with Crippen LogP contribution in [0.2, 0.25) is 0 Å². The van der Waals surface area contributed by atoms with Crippen molar-refractivity contribution in [3.8, 4) is 0 Å². The van der Waals surface area contributed by atoms with Gasteiger partial charge in [0.2, 0.25) is 5.91 Å². The van der Waals surface area contributed by atoms with Gasteiger partial charge in [0.15, 0.2) is 0 Å². The molecule has 0 aromatic carbocycles. The van der Waals surface area contributed by atoms with Gasteiger partial charge in [-0.15, -0.1) is 0 Å². The number of nitrogens with zero attached hydrogens (tertiary/aromatic N) is 1. The van der Waals surface area contributed by atoms with Crippen LogP contribution in [0.15, 0.2) is 0 Å². The molecule has 0 bridgehead atoms. The Labute approximate surface area is 110 Å². The van der Waals surface area contributed by atoms with E-state index in [1.807, 2.05) is 0 Å². The number of amides is 1. The number of rotatable bonds is 3. The maximum atomic E-state index is 12.3. The van der Waals surface area contributed by atoms with Crippen LogP contribution in [0.1, 0.15) is 39.0 Å². The molecule has 1 aliphatic carbocycles. The van der Waals surface area contributed by atoms with E-state index in [4.69, 9.17) is 5.73 Å². The van der Waals surface area contributed by atoms with Crippen molar-refractivity contribution in [2.45, 2.75) is 44.6 Å². The lowest BCUT2D eigenvalue weighted by molar-refractivity contribution is -0.128. The highest BCUT2D eigenvalue weighted by Gasteiger charge is 2.38. The van der Waals surface area contributed by atoms with Crippen molar-refractivity contribution in [2.24, 2.45) is 17.6 Å². The van der Waals surface area contributed by atoms with Crippen LogP contribution in [0, 0.1) is 11.8 Å². The predicted octanol–water partition coefficient (Wildman–Crippen LogP) is 0.962. The first kappa shape index (κ1) is 13.8. The molecule has 2 aliphatic rings. The second-order valence-corrected chi connectivity index (χ2v) is 6.48. The van der Waals surface area contributed by atoms with Gasteiger partial charge in [-0.05, 0) is 44.7 Å². The molecule has 3 atom stereocenters. The number of hydrogen-bond acceptors (Lipinski definition) is 3. The Kier molecular flexibility index (Phi) is 4.28. The molecule has 1 saturated carbocycles. The monoisotopic (exact) mass is 253 g/mol. The highest BCUT2D eigenvalue weighted by atomic mass is 16.2. The van der Waals surface area contributed by atoms with Gasteiger partial charge < -0.3 is 16.0 Å². The quantitative estimate of drug-likeness (QED) is 0.788. The van der Waals surface area contributed by atoms with E-state index in [-0.39, 0.29) is 5.91 Å². The number of hydrogen-bond donors (Lipinski definition) is 2. The zero-order valence-electron chi connectivity index (χ0n) is 11.7. The molecule has 0 aromatic rings. The summed E-state index contributed by atoms with van der Waals surface area (Å²) in [5, 5.41) is 3.09. The molecule has 2 fully saturated rings. The lowest BCUT2D eigenvalue weighted by Gasteiger charge is -2.35. The Morgan fingerprint density at radius 3 is 2.89 bits per heavy atom. The average Bonchev–Trinajstić information content (AvgIpc) is 2.71. The van der Waals surface area contributed by atoms with Gasteiger partial charge in [-0.3, -0.25) is 4.79 Å². The third-order valence-electron chi connectivity index (χ3n) is 4.52. The van der Waals surface area contributed by atoms with Crippen molar-refractivity contribution in [1.82, 2.24) is 10.2 Å². The molecule has 1 amide bonds. The highest BCUT2D eigenvalue weighted by molar-refractivity contribution is 5.86. The van der Waals surface area contributed by atoms with E-state index in [0.717, 1.165) is 38.9 Å². The first-order valence-electron chi connectivity index (χ1n) is 7.25. The van der Waals surface area contributed by atoms with Crippen molar-refractivity contribution in [1.29, 1.82) is 0 Å².